The van der Waals surface area contributed by atoms with E-state index in [1.807, 2.05) is 6.07 Å². The summed E-state index contributed by atoms with van der Waals surface area (Å²) in [6.45, 7) is 6.71. The number of carbonyl (C=O) groups excluding carboxylic acids is 1. The van der Waals surface area contributed by atoms with Crippen LogP contribution in [-0.2, 0) is 17.8 Å². The SMILES string of the molecule is COc1cc2c(cc1OC)[C@@H](CNC(=O)CC(C)C)[NH+](Cc1ccccc1)CC2. The van der Waals surface area contributed by atoms with Crippen molar-refractivity contribution in [2.75, 3.05) is 27.3 Å². The van der Waals surface area contributed by atoms with Crippen molar-refractivity contribution in [2.45, 2.75) is 39.3 Å². The van der Waals surface area contributed by atoms with Gasteiger partial charge in [-0.15, -0.1) is 0 Å². The van der Waals surface area contributed by atoms with Crippen LogP contribution in [0.25, 0.3) is 0 Å². The van der Waals surface area contributed by atoms with Gasteiger partial charge in [0.25, 0.3) is 0 Å². The van der Waals surface area contributed by atoms with E-state index in [4.69, 9.17) is 9.47 Å². The molecule has 0 spiro atoms. The van der Waals surface area contributed by atoms with Crippen molar-refractivity contribution < 1.29 is 19.2 Å². The summed E-state index contributed by atoms with van der Waals surface area (Å²) in [5.74, 6) is 1.98. The first-order valence-electron chi connectivity index (χ1n) is 10.4. The molecule has 2 aromatic rings. The van der Waals surface area contributed by atoms with Crippen LogP contribution in [0, 0.1) is 5.92 Å². The van der Waals surface area contributed by atoms with E-state index in [-0.39, 0.29) is 11.9 Å². The van der Waals surface area contributed by atoms with Crippen molar-refractivity contribution in [3.05, 3.63) is 59.2 Å². The number of carbonyl (C=O) groups is 1. The van der Waals surface area contributed by atoms with Crippen LogP contribution in [-0.4, -0.2) is 33.2 Å². The fraction of sp³-hybridized carbons (Fsp3) is 0.458. The number of quaternary nitrogens is 1. The zero-order valence-corrected chi connectivity index (χ0v) is 18.0. The zero-order valence-electron chi connectivity index (χ0n) is 18.0. The fourth-order valence-electron chi connectivity index (χ4n) is 4.15. The van der Waals surface area contributed by atoms with E-state index in [0.29, 0.717) is 18.9 Å². The molecular weight excluding hydrogens is 364 g/mol. The first-order chi connectivity index (χ1) is 14.0. The lowest BCUT2D eigenvalue weighted by molar-refractivity contribution is -0.945. The molecule has 5 nitrogen and oxygen atoms in total. The van der Waals surface area contributed by atoms with Gasteiger partial charge in [0.05, 0.1) is 27.3 Å². The molecule has 3 rings (SSSR count). The minimum absolute atomic E-state index is 0.117. The Hall–Kier alpha value is -2.53. The highest BCUT2D eigenvalue weighted by atomic mass is 16.5. The van der Waals surface area contributed by atoms with E-state index in [1.54, 1.807) is 14.2 Å². The fourth-order valence-corrected chi connectivity index (χ4v) is 4.15. The first kappa shape index (κ1) is 21.2. The molecule has 0 radical (unpaired) electrons. The van der Waals surface area contributed by atoms with Crippen LogP contribution < -0.4 is 19.7 Å². The number of nitrogens with one attached hydrogen (secondary N) is 2. The second-order valence-corrected chi connectivity index (χ2v) is 8.18. The third-order valence-electron chi connectivity index (χ3n) is 5.60. The van der Waals surface area contributed by atoms with E-state index < -0.39 is 0 Å². The number of hydrogen-bond donors (Lipinski definition) is 2. The molecule has 0 fully saturated rings. The molecular formula is C24H33N2O3+. The van der Waals surface area contributed by atoms with E-state index in [9.17, 15) is 4.79 Å². The van der Waals surface area contributed by atoms with Gasteiger partial charge in [0.2, 0.25) is 5.91 Å². The van der Waals surface area contributed by atoms with Crippen molar-refractivity contribution in [3.63, 3.8) is 0 Å². The maximum absolute atomic E-state index is 12.3. The lowest BCUT2D eigenvalue weighted by Crippen LogP contribution is -3.12. The Kier molecular flexibility index (Phi) is 7.15. The number of methoxy groups -OCH3 is 2. The molecule has 156 valence electrons. The van der Waals surface area contributed by atoms with Crippen LogP contribution in [0.5, 0.6) is 11.5 Å². The highest BCUT2D eigenvalue weighted by Crippen LogP contribution is 2.34. The molecule has 2 N–H and O–H groups in total. The van der Waals surface area contributed by atoms with Crippen molar-refractivity contribution in [2.24, 2.45) is 5.92 Å². The van der Waals surface area contributed by atoms with Crippen LogP contribution in [0.3, 0.4) is 0 Å². The molecule has 29 heavy (non-hydrogen) atoms. The van der Waals surface area contributed by atoms with Gasteiger partial charge in [0, 0.05) is 24.0 Å². The highest BCUT2D eigenvalue weighted by Gasteiger charge is 2.32. The minimum Gasteiger partial charge on any atom is -0.493 e. The molecule has 1 amide bonds. The minimum atomic E-state index is 0.117. The maximum Gasteiger partial charge on any atom is 0.220 e. The van der Waals surface area contributed by atoms with E-state index in [0.717, 1.165) is 31.0 Å². The number of rotatable bonds is 8. The van der Waals surface area contributed by atoms with Gasteiger partial charge < -0.3 is 19.7 Å². The van der Waals surface area contributed by atoms with Crippen molar-refractivity contribution >= 4 is 5.91 Å². The molecule has 2 atom stereocenters. The molecule has 1 aliphatic rings. The maximum atomic E-state index is 12.3. The third kappa shape index (κ3) is 5.30. The van der Waals surface area contributed by atoms with E-state index in [2.05, 4.69) is 55.6 Å². The van der Waals surface area contributed by atoms with Gasteiger partial charge in [0.1, 0.15) is 12.6 Å². The molecule has 1 heterocycles. The second-order valence-electron chi connectivity index (χ2n) is 8.18. The summed E-state index contributed by atoms with van der Waals surface area (Å²) in [4.78, 5) is 13.8. The quantitative estimate of drug-likeness (QED) is 0.720. The van der Waals surface area contributed by atoms with Gasteiger partial charge in [-0.25, -0.2) is 0 Å². The second kappa shape index (κ2) is 9.79. The Morgan fingerprint density at radius 1 is 1.14 bits per heavy atom. The summed E-state index contributed by atoms with van der Waals surface area (Å²) in [7, 11) is 3.34. The Balaban J connectivity index is 1.88. The van der Waals surface area contributed by atoms with Gasteiger partial charge >= 0.3 is 0 Å². The lowest BCUT2D eigenvalue weighted by atomic mass is 9.91. The van der Waals surface area contributed by atoms with Crippen LogP contribution >= 0.6 is 0 Å². The molecule has 0 aromatic heterocycles. The largest absolute Gasteiger partial charge is 0.493 e. The average Bonchev–Trinajstić information content (AvgIpc) is 2.72. The third-order valence-corrected chi connectivity index (χ3v) is 5.60. The summed E-state index contributed by atoms with van der Waals surface area (Å²) in [5.41, 5.74) is 3.83. The van der Waals surface area contributed by atoms with Crippen LogP contribution in [0.1, 0.15) is 43.0 Å². The average molecular weight is 398 g/mol. The number of ether oxygens (including phenoxy) is 2. The predicted molar refractivity (Wildman–Crippen MR) is 114 cm³/mol. The lowest BCUT2D eigenvalue weighted by Gasteiger charge is -2.35. The molecule has 5 heteroatoms. The number of fused-ring (bicyclic) bond motifs is 1. The number of hydrogen-bond acceptors (Lipinski definition) is 3. The normalized spacial score (nSPS) is 18.2. The predicted octanol–water partition coefficient (Wildman–Crippen LogP) is 2.55. The standard InChI is InChI=1S/C24H32N2O3/c1-17(2)12-24(27)25-15-21-20-14-23(29-4)22(28-3)13-19(20)10-11-26(21)16-18-8-6-5-7-9-18/h5-9,13-14,17,21H,10-12,15-16H2,1-4H3,(H,25,27)/p+1/t21-/m1/s1. The summed E-state index contributed by atoms with van der Waals surface area (Å²) in [6.07, 6.45) is 1.54. The Morgan fingerprint density at radius 3 is 2.48 bits per heavy atom. The van der Waals surface area contributed by atoms with Gasteiger partial charge in [-0.1, -0.05) is 44.2 Å². The molecule has 1 unspecified atom stereocenters. The molecule has 1 aliphatic heterocycles. The van der Waals surface area contributed by atoms with Gasteiger partial charge in [0.15, 0.2) is 11.5 Å². The molecule has 0 aliphatic carbocycles. The van der Waals surface area contributed by atoms with Gasteiger partial charge in [-0.2, -0.15) is 0 Å². The van der Waals surface area contributed by atoms with Crippen molar-refractivity contribution in [1.29, 1.82) is 0 Å². The Bertz CT molecular complexity index is 820. The van der Waals surface area contributed by atoms with Crippen LogP contribution in [0.4, 0.5) is 0 Å². The first-order valence-corrected chi connectivity index (χ1v) is 10.4. The van der Waals surface area contributed by atoms with Gasteiger partial charge in [-0.05, 0) is 23.6 Å². The highest BCUT2D eigenvalue weighted by molar-refractivity contribution is 5.76. The number of amides is 1. The van der Waals surface area contributed by atoms with Crippen LogP contribution in [0.15, 0.2) is 42.5 Å². The zero-order chi connectivity index (χ0) is 20.8. The summed E-state index contributed by atoms with van der Waals surface area (Å²) < 4.78 is 11.1. The van der Waals surface area contributed by atoms with Gasteiger partial charge in [-0.3, -0.25) is 4.79 Å². The topological polar surface area (TPSA) is 52.0 Å². The Morgan fingerprint density at radius 2 is 1.83 bits per heavy atom. The monoisotopic (exact) mass is 397 g/mol. The molecule has 0 saturated heterocycles. The molecule has 0 bridgehead atoms. The molecule has 2 aromatic carbocycles. The summed E-state index contributed by atoms with van der Waals surface area (Å²) >= 11 is 0. The van der Waals surface area contributed by atoms with Crippen molar-refractivity contribution in [3.8, 4) is 11.5 Å². The molecule has 0 saturated carbocycles. The number of benzene rings is 2. The van der Waals surface area contributed by atoms with E-state index in [1.165, 1.54) is 21.6 Å². The summed E-state index contributed by atoms with van der Waals surface area (Å²) in [5, 5.41) is 3.17. The Labute approximate surface area is 174 Å². The van der Waals surface area contributed by atoms with E-state index >= 15 is 0 Å². The van der Waals surface area contributed by atoms with Crippen LogP contribution in [0.2, 0.25) is 0 Å². The summed E-state index contributed by atoms with van der Waals surface area (Å²) in [6, 6.07) is 14.9. The smallest absolute Gasteiger partial charge is 0.220 e. The van der Waals surface area contributed by atoms with Crippen molar-refractivity contribution in [1.82, 2.24) is 5.32 Å².